The molecule has 21 heavy (non-hydrogen) atoms. The van der Waals surface area contributed by atoms with E-state index < -0.39 is 0 Å². The molecule has 1 aliphatic carbocycles. The van der Waals surface area contributed by atoms with E-state index in [1.54, 1.807) is 0 Å². The molecule has 0 amide bonds. The summed E-state index contributed by atoms with van der Waals surface area (Å²) in [4.78, 5) is 4.88. The van der Waals surface area contributed by atoms with Gasteiger partial charge in [0.15, 0.2) is 0 Å². The predicted molar refractivity (Wildman–Crippen MR) is 88.4 cm³/mol. The van der Waals surface area contributed by atoms with Gasteiger partial charge in [-0.3, -0.25) is 0 Å². The Kier molecular flexibility index (Phi) is 3.19. The van der Waals surface area contributed by atoms with Crippen LogP contribution in [0.4, 0.5) is 0 Å². The molecule has 104 valence electrons. The molecule has 1 aliphatic rings. The summed E-state index contributed by atoms with van der Waals surface area (Å²) in [5, 5.41) is 1.34. The molecule has 4 rings (SSSR count). The second-order valence-electron chi connectivity index (χ2n) is 5.96. The maximum Gasteiger partial charge on any atom is 0.0712 e. The first kappa shape index (κ1) is 12.6. The predicted octanol–water partition coefficient (Wildman–Crippen LogP) is 5.56. The molecule has 0 saturated heterocycles. The summed E-state index contributed by atoms with van der Waals surface area (Å²) in [6, 6.07) is 21.4. The SMILES string of the molecule is c1ccc(-c2cc(C3CCCC3)c3ccccc3n2)cc1. The van der Waals surface area contributed by atoms with Gasteiger partial charge >= 0.3 is 0 Å². The van der Waals surface area contributed by atoms with Crippen molar-refractivity contribution in [2.75, 3.05) is 0 Å². The highest BCUT2D eigenvalue weighted by Crippen LogP contribution is 2.38. The van der Waals surface area contributed by atoms with Gasteiger partial charge in [0.1, 0.15) is 0 Å². The number of benzene rings is 2. The number of rotatable bonds is 2. The number of hydrogen-bond donors (Lipinski definition) is 0. The number of fused-ring (bicyclic) bond motifs is 1. The minimum atomic E-state index is 0.709. The van der Waals surface area contributed by atoms with Crippen LogP contribution in [0, 0.1) is 0 Å². The van der Waals surface area contributed by atoms with Crippen LogP contribution in [0.1, 0.15) is 37.2 Å². The quantitative estimate of drug-likeness (QED) is 0.595. The van der Waals surface area contributed by atoms with Crippen molar-refractivity contribution in [3.05, 3.63) is 66.2 Å². The van der Waals surface area contributed by atoms with Gasteiger partial charge in [0.2, 0.25) is 0 Å². The smallest absolute Gasteiger partial charge is 0.0712 e. The molecule has 0 bridgehead atoms. The third-order valence-corrected chi connectivity index (χ3v) is 4.61. The van der Waals surface area contributed by atoms with Crippen LogP contribution in [-0.2, 0) is 0 Å². The molecule has 1 nitrogen and oxygen atoms in total. The molecule has 0 radical (unpaired) electrons. The summed E-state index contributed by atoms with van der Waals surface area (Å²) < 4.78 is 0. The summed E-state index contributed by atoms with van der Waals surface area (Å²) in [5.74, 6) is 0.709. The first-order valence-electron chi connectivity index (χ1n) is 7.87. The Morgan fingerprint density at radius 3 is 2.33 bits per heavy atom. The van der Waals surface area contributed by atoms with E-state index in [2.05, 4.69) is 60.7 Å². The zero-order chi connectivity index (χ0) is 14.1. The second-order valence-corrected chi connectivity index (χ2v) is 5.96. The van der Waals surface area contributed by atoms with E-state index in [1.165, 1.54) is 42.2 Å². The first-order valence-corrected chi connectivity index (χ1v) is 7.87. The molecule has 1 aromatic heterocycles. The van der Waals surface area contributed by atoms with E-state index >= 15 is 0 Å². The molecule has 1 heterocycles. The van der Waals surface area contributed by atoms with Crippen molar-refractivity contribution in [2.45, 2.75) is 31.6 Å². The third-order valence-electron chi connectivity index (χ3n) is 4.61. The fourth-order valence-corrected chi connectivity index (χ4v) is 3.53. The van der Waals surface area contributed by atoms with Crippen LogP contribution in [0.25, 0.3) is 22.2 Å². The minimum Gasteiger partial charge on any atom is -0.248 e. The Bertz CT molecular complexity index is 755. The molecule has 0 N–H and O–H groups in total. The largest absolute Gasteiger partial charge is 0.248 e. The van der Waals surface area contributed by atoms with E-state index in [1.807, 2.05) is 0 Å². The lowest BCUT2D eigenvalue weighted by molar-refractivity contribution is 0.729. The van der Waals surface area contributed by atoms with E-state index in [0.29, 0.717) is 5.92 Å². The Labute approximate surface area is 125 Å². The molecule has 0 spiro atoms. The highest BCUT2D eigenvalue weighted by Gasteiger charge is 2.20. The number of hydrogen-bond acceptors (Lipinski definition) is 1. The number of aromatic nitrogens is 1. The average Bonchev–Trinajstić information content (AvgIpc) is 3.09. The van der Waals surface area contributed by atoms with Gasteiger partial charge in [0, 0.05) is 10.9 Å². The lowest BCUT2D eigenvalue weighted by atomic mass is 9.92. The van der Waals surface area contributed by atoms with Crippen molar-refractivity contribution in [3.63, 3.8) is 0 Å². The van der Waals surface area contributed by atoms with Crippen molar-refractivity contribution in [1.82, 2.24) is 4.98 Å². The molecule has 1 saturated carbocycles. The summed E-state index contributed by atoms with van der Waals surface area (Å²) >= 11 is 0. The number of para-hydroxylation sites is 1. The van der Waals surface area contributed by atoms with Crippen molar-refractivity contribution >= 4 is 10.9 Å². The molecular formula is C20H19N. The van der Waals surface area contributed by atoms with Gasteiger partial charge in [0.25, 0.3) is 0 Å². The van der Waals surface area contributed by atoms with Crippen LogP contribution >= 0.6 is 0 Å². The van der Waals surface area contributed by atoms with E-state index in [0.717, 1.165) is 11.2 Å². The van der Waals surface area contributed by atoms with Crippen LogP contribution in [0.2, 0.25) is 0 Å². The standard InChI is InChI=1S/C20H19N/c1-2-10-16(11-3-1)20-14-18(15-8-4-5-9-15)17-12-6-7-13-19(17)21-20/h1-3,6-7,10-15H,4-5,8-9H2. The molecular weight excluding hydrogens is 254 g/mol. The normalized spacial score (nSPS) is 15.6. The van der Waals surface area contributed by atoms with Crippen molar-refractivity contribution in [1.29, 1.82) is 0 Å². The van der Waals surface area contributed by atoms with E-state index in [-0.39, 0.29) is 0 Å². The van der Waals surface area contributed by atoms with Crippen LogP contribution < -0.4 is 0 Å². The molecule has 2 aromatic carbocycles. The van der Waals surface area contributed by atoms with Gasteiger partial charge < -0.3 is 0 Å². The highest BCUT2D eigenvalue weighted by molar-refractivity contribution is 5.85. The van der Waals surface area contributed by atoms with Crippen LogP contribution in [0.15, 0.2) is 60.7 Å². The van der Waals surface area contributed by atoms with Crippen molar-refractivity contribution < 1.29 is 0 Å². The maximum atomic E-state index is 4.88. The number of pyridine rings is 1. The molecule has 3 aromatic rings. The summed E-state index contributed by atoms with van der Waals surface area (Å²) in [5.41, 5.74) is 4.94. The lowest BCUT2D eigenvalue weighted by Gasteiger charge is -2.15. The molecule has 0 aliphatic heterocycles. The number of nitrogens with zero attached hydrogens (tertiary/aromatic N) is 1. The Balaban J connectivity index is 1.93. The van der Waals surface area contributed by atoms with Gasteiger partial charge in [-0.25, -0.2) is 4.98 Å². The van der Waals surface area contributed by atoms with Crippen molar-refractivity contribution in [2.24, 2.45) is 0 Å². The maximum absolute atomic E-state index is 4.88. The van der Waals surface area contributed by atoms with Gasteiger partial charge in [-0.15, -0.1) is 0 Å². The van der Waals surface area contributed by atoms with Crippen LogP contribution in [0.3, 0.4) is 0 Å². The highest BCUT2D eigenvalue weighted by atomic mass is 14.7. The summed E-state index contributed by atoms with van der Waals surface area (Å²) in [6.07, 6.45) is 5.37. The van der Waals surface area contributed by atoms with E-state index in [9.17, 15) is 0 Å². The monoisotopic (exact) mass is 273 g/mol. The van der Waals surface area contributed by atoms with Gasteiger partial charge in [0.05, 0.1) is 11.2 Å². The first-order chi connectivity index (χ1) is 10.4. The zero-order valence-electron chi connectivity index (χ0n) is 12.1. The Morgan fingerprint density at radius 1 is 0.810 bits per heavy atom. The molecule has 1 heteroatoms. The Hall–Kier alpha value is -2.15. The van der Waals surface area contributed by atoms with Crippen LogP contribution in [-0.4, -0.2) is 4.98 Å². The van der Waals surface area contributed by atoms with E-state index in [4.69, 9.17) is 4.98 Å². The Morgan fingerprint density at radius 2 is 1.52 bits per heavy atom. The summed E-state index contributed by atoms with van der Waals surface area (Å²) in [6.45, 7) is 0. The zero-order valence-corrected chi connectivity index (χ0v) is 12.1. The lowest BCUT2D eigenvalue weighted by Crippen LogP contribution is -1.97. The van der Waals surface area contributed by atoms with Gasteiger partial charge in [-0.2, -0.15) is 0 Å². The molecule has 1 fully saturated rings. The molecule has 0 unspecified atom stereocenters. The van der Waals surface area contributed by atoms with Gasteiger partial charge in [-0.05, 0) is 36.5 Å². The fourth-order valence-electron chi connectivity index (χ4n) is 3.53. The summed E-state index contributed by atoms with van der Waals surface area (Å²) in [7, 11) is 0. The topological polar surface area (TPSA) is 12.9 Å². The van der Waals surface area contributed by atoms with Crippen LogP contribution in [0.5, 0.6) is 0 Å². The average molecular weight is 273 g/mol. The van der Waals surface area contributed by atoms with Crippen molar-refractivity contribution in [3.8, 4) is 11.3 Å². The third kappa shape index (κ3) is 2.33. The molecule has 0 atom stereocenters. The minimum absolute atomic E-state index is 0.709. The van der Waals surface area contributed by atoms with Gasteiger partial charge in [-0.1, -0.05) is 61.4 Å². The fraction of sp³-hybridized carbons (Fsp3) is 0.250. The second kappa shape index (κ2) is 5.33.